The van der Waals surface area contributed by atoms with Crippen molar-refractivity contribution in [1.29, 1.82) is 0 Å². The highest BCUT2D eigenvalue weighted by atomic mass is 19.1. The van der Waals surface area contributed by atoms with Crippen LogP contribution in [0.15, 0.2) is 24.3 Å². The summed E-state index contributed by atoms with van der Waals surface area (Å²) in [6, 6.07) is 6.30. The summed E-state index contributed by atoms with van der Waals surface area (Å²) in [4.78, 5) is 12.3. The molecule has 20 heavy (non-hydrogen) atoms. The minimum Gasteiger partial charge on any atom is -0.393 e. The Bertz CT molecular complexity index is 483. The predicted molar refractivity (Wildman–Crippen MR) is 75.8 cm³/mol. The summed E-state index contributed by atoms with van der Waals surface area (Å²) in [7, 11) is 0. The van der Waals surface area contributed by atoms with Crippen LogP contribution in [0.3, 0.4) is 0 Å². The first-order chi connectivity index (χ1) is 9.44. The van der Waals surface area contributed by atoms with E-state index in [9.17, 15) is 14.3 Å². The highest BCUT2D eigenvalue weighted by Gasteiger charge is 2.51. The molecule has 1 aromatic carbocycles. The molecule has 1 fully saturated rings. The topological polar surface area (TPSA) is 49.3 Å². The summed E-state index contributed by atoms with van der Waals surface area (Å²) in [6.07, 6.45) is 1.84. The molecule has 3 nitrogen and oxygen atoms in total. The maximum absolute atomic E-state index is 13.3. The molecule has 1 saturated carbocycles. The van der Waals surface area contributed by atoms with E-state index in [1.807, 2.05) is 13.0 Å². The molecule has 0 aromatic heterocycles. The summed E-state index contributed by atoms with van der Waals surface area (Å²) >= 11 is 0. The number of carbonyl (C=O) groups is 1. The van der Waals surface area contributed by atoms with Crippen molar-refractivity contribution in [3.8, 4) is 0 Å². The van der Waals surface area contributed by atoms with Crippen LogP contribution in [-0.4, -0.2) is 23.7 Å². The standard InChI is InChI=1S/C16H22FNO2/c1-11(8-12(2)19)10-18-15(20)16(6-7-16)13-4-3-5-14(17)9-13/h3-5,9,11-12,19H,6-8,10H2,1-2H3,(H,18,20). The van der Waals surface area contributed by atoms with Crippen molar-refractivity contribution in [2.45, 2.75) is 44.6 Å². The third-order valence-corrected chi connectivity index (χ3v) is 3.92. The Morgan fingerprint density at radius 3 is 2.70 bits per heavy atom. The molecule has 0 radical (unpaired) electrons. The average Bonchev–Trinajstić information content (AvgIpc) is 3.16. The zero-order valence-corrected chi connectivity index (χ0v) is 12.0. The fourth-order valence-corrected chi connectivity index (χ4v) is 2.66. The maximum Gasteiger partial charge on any atom is 0.230 e. The van der Waals surface area contributed by atoms with Crippen LogP contribution in [0.1, 0.15) is 38.7 Å². The van der Waals surface area contributed by atoms with E-state index in [0.29, 0.717) is 13.0 Å². The maximum atomic E-state index is 13.3. The van der Waals surface area contributed by atoms with Crippen LogP contribution in [0.25, 0.3) is 0 Å². The summed E-state index contributed by atoms with van der Waals surface area (Å²) in [5.74, 6) is -0.105. The van der Waals surface area contributed by atoms with Crippen molar-refractivity contribution in [2.75, 3.05) is 6.54 Å². The molecule has 1 amide bonds. The molecule has 0 aliphatic heterocycles. The highest BCUT2D eigenvalue weighted by Crippen LogP contribution is 2.48. The van der Waals surface area contributed by atoms with Crippen molar-refractivity contribution in [1.82, 2.24) is 5.32 Å². The molecule has 2 N–H and O–H groups in total. The van der Waals surface area contributed by atoms with E-state index < -0.39 is 5.41 Å². The molecule has 0 spiro atoms. The van der Waals surface area contributed by atoms with E-state index in [4.69, 9.17) is 0 Å². The Morgan fingerprint density at radius 1 is 1.45 bits per heavy atom. The molecule has 1 aromatic rings. The van der Waals surface area contributed by atoms with Gasteiger partial charge in [0.15, 0.2) is 0 Å². The van der Waals surface area contributed by atoms with Crippen molar-refractivity contribution in [2.24, 2.45) is 5.92 Å². The fraction of sp³-hybridized carbons (Fsp3) is 0.562. The van der Waals surface area contributed by atoms with Gasteiger partial charge in [0.05, 0.1) is 11.5 Å². The van der Waals surface area contributed by atoms with Crippen LogP contribution >= 0.6 is 0 Å². The number of nitrogens with one attached hydrogen (secondary N) is 1. The molecule has 4 heteroatoms. The Morgan fingerprint density at radius 2 is 2.15 bits per heavy atom. The highest BCUT2D eigenvalue weighted by molar-refractivity contribution is 5.91. The summed E-state index contributed by atoms with van der Waals surface area (Å²) in [5.41, 5.74) is 0.227. The Kier molecular flexibility index (Phi) is 4.43. The predicted octanol–water partition coefficient (Wildman–Crippen LogP) is 2.38. The number of amides is 1. The van der Waals surface area contributed by atoms with Gasteiger partial charge in [0.1, 0.15) is 5.82 Å². The lowest BCUT2D eigenvalue weighted by molar-refractivity contribution is -0.123. The monoisotopic (exact) mass is 279 g/mol. The van der Waals surface area contributed by atoms with Gasteiger partial charge >= 0.3 is 0 Å². The smallest absolute Gasteiger partial charge is 0.230 e. The number of halogens is 1. The molecular weight excluding hydrogens is 257 g/mol. The lowest BCUT2D eigenvalue weighted by Gasteiger charge is -2.19. The number of carbonyl (C=O) groups excluding carboxylic acids is 1. The molecule has 0 heterocycles. The van der Waals surface area contributed by atoms with Gasteiger partial charge in [0, 0.05) is 6.54 Å². The molecule has 0 saturated heterocycles. The lowest BCUT2D eigenvalue weighted by Crippen LogP contribution is -2.37. The normalized spacial score (nSPS) is 19.2. The van der Waals surface area contributed by atoms with Gasteiger partial charge < -0.3 is 10.4 Å². The summed E-state index contributed by atoms with van der Waals surface area (Å²) in [5, 5.41) is 12.3. The second-order valence-electron chi connectivity index (χ2n) is 5.99. The second-order valence-corrected chi connectivity index (χ2v) is 5.99. The Balaban J connectivity index is 1.95. The first-order valence-corrected chi connectivity index (χ1v) is 7.16. The van der Waals surface area contributed by atoms with Crippen LogP contribution in [-0.2, 0) is 10.2 Å². The van der Waals surface area contributed by atoms with Crippen LogP contribution in [0.2, 0.25) is 0 Å². The first-order valence-electron chi connectivity index (χ1n) is 7.16. The average molecular weight is 279 g/mol. The minimum atomic E-state index is -0.535. The largest absolute Gasteiger partial charge is 0.393 e. The number of rotatable bonds is 6. The van der Waals surface area contributed by atoms with Gasteiger partial charge in [-0.25, -0.2) is 4.39 Å². The van der Waals surface area contributed by atoms with Crippen molar-refractivity contribution in [3.63, 3.8) is 0 Å². The number of aliphatic hydroxyl groups excluding tert-OH is 1. The molecule has 1 aliphatic rings. The third-order valence-electron chi connectivity index (χ3n) is 3.92. The van der Waals surface area contributed by atoms with Crippen LogP contribution < -0.4 is 5.32 Å². The van der Waals surface area contributed by atoms with E-state index in [1.54, 1.807) is 13.0 Å². The molecule has 2 atom stereocenters. The van der Waals surface area contributed by atoms with Gasteiger partial charge in [0.2, 0.25) is 5.91 Å². The number of aliphatic hydroxyl groups is 1. The molecule has 0 bridgehead atoms. The minimum absolute atomic E-state index is 0.0273. The quantitative estimate of drug-likeness (QED) is 0.840. The fourth-order valence-electron chi connectivity index (χ4n) is 2.66. The van der Waals surface area contributed by atoms with E-state index in [0.717, 1.165) is 18.4 Å². The zero-order valence-electron chi connectivity index (χ0n) is 12.0. The van der Waals surface area contributed by atoms with Crippen LogP contribution in [0.4, 0.5) is 4.39 Å². The van der Waals surface area contributed by atoms with E-state index >= 15 is 0 Å². The summed E-state index contributed by atoms with van der Waals surface area (Å²) < 4.78 is 13.3. The molecular formula is C16H22FNO2. The van der Waals surface area contributed by atoms with E-state index in [-0.39, 0.29) is 23.7 Å². The Hall–Kier alpha value is -1.42. The molecule has 1 aliphatic carbocycles. The second kappa shape index (κ2) is 5.92. The molecule has 110 valence electrons. The number of hydrogen-bond acceptors (Lipinski definition) is 2. The van der Waals surface area contributed by atoms with Gasteiger partial charge in [-0.3, -0.25) is 4.79 Å². The van der Waals surface area contributed by atoms with Gasteiger partial charge in [0.25, 0.3) is 0 Å². The van der Waals surface area contributed by atoms with Gasteiger partial charge in [-0.15, -0.1) is 0 Å². The van der Waals surface area contributed by atoms with E-state index in [1.165, 1.54) is 12.1 Å². The lowest BCUT2D eigenvalue weighted by atomic mass is 9.94. The van der Waals surface area contributed by atoms with Crippen LogP contribution in [0, 0.1) is 11.7 Å². The Labute approximate surface area is 119 Å². The number of hydrogen-bond donors (Lipinski definition) is 2. The van der Waals surface area contributed by atoms with Gasteiger partial charge in [-0.1, -0.05) is 19.1 Å². The first kappa shape index (κ1) is 15.0. The zero-order chi connectivity index (χ0) is 14.8. The molecule has 2 unspecified atom stereocenters. The third kappa shape index (κ3) is 3.37. The van der Waals surface area contributed by atoms with E-state index in [2.05, 4.69) is 5.32 Å². The van der Waals surface area contributed by atoms with Crippen molar-refractivity contribution >= 4 is 5.91 Å². The SMILES string of the molecule is CC(O)CC(C)CNC(=O)C1(c2cccc(F)c2)CC1. The summed E-state index contributed by atoms with van der Waals surface area (Å²) in [6.45, 7) is 4.28. The van der Waals surface area contributed by atoms with Gasteiger partial charge in [-0.2, -0.15) is 0 Å². The van der Waals surface area contributed by atoms with Crippen molar-refractivity contribution in [3.05, 3.63) is 35.6 Å². The number of benzene rings is 1. The molecule has 2 rings (SSSR count). The van der Waals surface area contributed by atoms with Crippen molar-refractivity contribution < 1.29 is 14.3 Å². The van der Waals surface area contributed by atoms with Gasteiger partial charge in [-0.05, 0) is 49.8 Å². The van der Waals surface area contributed by atoms with Crippen LogP contribution in [0.5, 0.6) is 0 Å².